The molecule has 0 aliphatic carbocycles. The molecule has 0 radical (unpaired) electrons. The zero-order valence-corrected chi connectivity index (χ0v) is 18.8. The largest absolute Gasteiger partial charge is 0.480 e. The number of carboxylic acids is 1. The Morgan fingerprint density at radius 1 is 1.00 bits per heavy atom. The van der Waals surface area contributed by atoms with Crippen LogP contribution in [0.5, 0.6) is 0 Å². The molecule has 10 nitrogen and oxygen atoms in total. The first kappa shape index (κ1) is 26.7. The van der Waals surface area contributed by atoms with Crippen LogP contribution in [0.2, 0.25) is 0 Å². The van der Waals surface area contributed by atoms with E-state index in [-0.39, 0.29) is 25.4 Å². The van der Waals surface area contributed by atoms with Crippen molar-refractivity contribution in [2.75, 3.05) is 13.7 Å². The second-order valence-electron chi connectivity index (χ2n) is 7.70. The van der Waals surface area contributed by atoms with E-state index >= 15 is 0 Å². The topological polar surface area (TPSA) is 143 Å². The van der Waals surface area contributed by atoms with Crippen molar-refractivity contribution in [1.29, 1.82) is 0 Å². The molecule has 0 spiro atoms. The number of alkyl carbamates (subject to hydrolysis) is 1. The van der Waals surface area contributed by atoms with Gasteiger partial charge in [0, 0.05) is 6.54 Å². The third-order valence-electron chi connectivity index (χ3n) is 4.50. The van der Waals surface area contributed by atoms with Crippen LogP contribution >= 0.6 is 0 Å². The van der Waals surface area contributed by atoms with E-state index in [0.29, 0.717) is 19.4 Å². The minimum atomic E-state index is -1.14. The molecule has 0 aromatic heterocycles. The van der Waals surface area contributed by atoms with E-state index in [1.165, 1.54) is 7.11 Å². The van der Waals surface area contributed by atoms with Gasteiger partial charge in [0.05, 0.1) is 7.11 Å². The van der Waals surface area contributed by atoms with E-state index in [2.05, 4.69) is 16.0 Å². The summed E-state index contributed by atoms with van der Waals surface area (Å²) in [5, 5.41) is 16.7. The van der Waals surface area contributed by atoms with E-state index in [1.807, 2.05) is 44.2 Å². The Morgan fingerprint density at radius 3 is 2.25 bits per heavy atom. The Morgan fingerprint density at radius 2 is 1.66 bits per heavy atom. The number of methoxy groups -OCH3 is 1. The third kappa shape index (κ3) is 11.2. The highest BCUT2D eigenvalue weighted by Crippen LogP contribution is 2.06. The van der Waals surface area contributed by atoms with Crippen molar-refractivity contribution in [2.45, 2.75) is 58.2 Å². The van der Waals surface area contributed by atoms with E-state index in [1.54, 1.807) is 0 Å². The molecule has 0 aliphatic heterocycles. The van der Waals surface area contributed by atoms with Gasteiger partial charge >= 0.3 is 24.1 Å². The molecule has 0 bridgehead atoms. The van der Waals surface area contributed by atoms with Gasteiger partial charge in [-0.25, -0.2) is 19.2 Å². The molecule has 0 aliphatic rings. The highest BCUT2D eigenvalue weighted by molar-refractivity contribution is 5.86. The van der Waals surface area contributed by atoms with Crippen LogP contribution in [0.3, 0.4) is 0 Å². The molecule has 0 unspecified atom stereocenters. The lowest BCUT2D eigenvalue weighted by Crippen LogP contribution is -2.51. The molecule has 1 rings (SSSR count). The van der Waals surface area contributed by atoms with Gasteiger partial charge in [-0.2, -0.15) is 0 Å². The van der Waals surface area contributed by atoms with E-state index in [4.69, 9.17) is 9.47 Å². The molecule has 10 heteroatoms. The molecule has 1 aromatic carbocycles. The number of esters is 1. The smallest absolute Gasteiger partial charge is 0.407 e. The number of benzene rings is 1. The van der Waals surface area contributed by atoms with Gasteiger partial charge in [0.25, 0.3) is 0 Å². The molecule has 0 saturated heterocycles. The van der Waals surface area contributed by atoms with Crippen LogP contribution in [0.1, 0.15) is 45.1 Å². The number of carboxylic acid groups (broad SMARTS) is 1. The van der Waals surface area contributed by atoms with Crippen LogP contribution in [-0.4, -0.2) is 54.9 Å². The van der Waals surface area contributed by atoms with Crippen LogP contribution in [-0.2, 0) is 25.7 Å². The van der Waals surface area contributed by atoms with Crippen molar-refractivity contribution in [2.24, 2.45) is 5.92 Å². The fourth-order valence-corrected chi connectivity index (χ4v) is 2.88. The Kier molecular flexibility index (Phi) is 12.2. The number of urea groups is 1. The maximum Gasteiger partial charge on any atom is 0.407 e. The minimum Gasteiger partial charge on any atom is -0.480 e. The standard InChI is InChI=1S/C22H33N3O7/c1-15(2)13-18(19(26)27)25-21(29)24-17(20(28)31-3)11-7-8-12-23-22(30)32-14-16-9-5-4-6-10-16/h4-6,9-10,15,17-18H,7-8,11-14H2,1-3H3,(H,23,30)(H,26,27)(H2,24,25,29)/t17-,18-/m0/s1. The molecule has 2 atom stereocenters. The normalized spacial score (nSPS) is 12.4. The van der Waals surface area contributed by atoms with Crippen molar-refractivity contribution in [1.82, 2.24) is 16.0 Å². The number of ether oxygens (including phenoxy) is 2. The summed E-state index contributed by atoms with van der Waals surface area (Å²) in [5.41, 5.74) is 0.881. The zero-order valence-electron chi connectivity index (χ0n) is 18.8. The monoisotopic (exact) mass is 451 g/mol. The van der Waals surface area contributed by atoms with Gasteiger partial charge in [-0.3, -0.25) is 0 Å². The predicted molar refractivity (Wildman–Crippen MR) is 117 cm³/mol. The molecule has 4 N–H and O–H groups in total. The van der Waals surface area contributed by atoms with Gasteiger partial charge in [-0.15, -0.1) is 0 Å². The summed E-state index contributed by atoms with van der Waals surface area (Å²) in [6.45, 7) is 4.20. The second kappa shape index (κ2) is 14.7. The molecule has 32 heavy (non-hydrogen) atoms. The van der Waals surface area contributed by atoms with Gasteiger partial charge in [0.15, 0.2) is 0 Å². The number of rotatable bonds is 13. The maximum atomic E-state index is 12.2. The quantitative estimate of drug-likeness (QED) is 0.266. The summed E-state index contributed by atoms with van der Waals surface area (Å²) in [6, 6.07) is 6.55. The van der Waals surface area contributed by atoms with E-state index in [0.717, 1.165) is 5.56 Å². The van der Waals surface area contributed by atoms with Gasteiger partial charge in [-0.05, 0) is 37.2 Å². The average Bonchev–Trinajstić information content (AvgIpc) is 2.75. The number of aliphatic carboxylic acids is 1. The molecule has 178 valence electrons. The van der Waals surface area contributed by atoms with Crippen LogP contribution in [0.15, 0.2) is 30.3 Å². The van der Waals surface area contributed by atoms with Crippen LogP contribution in [0.25, 0.3) is 0 Å². The number of carbonyl (C=O) groups is 4. The van der Waals surface area contributed by atoms with E-state index in [9.17, 15) is 24.3 Å². The number of amides is 3. The second-order valence-corrected chi connectivity index (χ2v) is 7.70. The highest BCUT2D eigenvalue weighted by Gasteiger charge is 2.25. The predicted octanol–water partition coefficient (Wildman–Crippen LogP) is 2.42. The third-order valence-corrected chi connectivity index (χ3v) is 4.50. The first-order valence-corrected chi connectivity index (χ1v) is 10.5. The summed E-state index contributed by atoms with van der Waals surface area (Å²) < 4.78 is 9.82. The van der Waals surface area contributed by atoms with Crippen molar-refractivity contribution < 1.29 is 33.8 Å². The Hall–Kier alpha value is -3.30. The minimum absolute atomic E-state index is 0.0692. The van der Waals surface area contributed by atoms with Crippen molar-refractivity contribution in [3.63, 3.8) is 0 Å². The number of hydrogen-bond acceptors (Lipinski definition) is 6. The first-order valence-electron chi connectivity index (χ1n) is 10.5. The SMILES string of the molecule is COC(=O)[C@H](CCCCNC(=O)OCc1ccccc1)NC(=O)N[C@@H](CC(C)C)C(=O)O. The first-order chi connectivity index (χ1) is 15.2. The van der Waals surface area contributed by atoms with Gasteiger partial charge in [0.1, 0.15) is 18.7 Å². The fraction of sp³-hybridized carbons (Fsp3) is 0.545. The van der Waals surface area contributed by atoms with Gasteiger partial charge in [0.2, 0.25) is 0 Å². The highest BCUT2D eigenvalue weighted by atomic mass is 16.5. The lowest BCUT2D eigenvalue weighted by atomic mass is 10.0. The summed E-state index contributed by atoms with van der Waals surface area (Å²) in [5.74, 6) is -1.71. The van der Waals surface area contributed by atoms with Gasteiger partial charge < -0.3 is 30.5 Å². The lowest BCUT2D eigenvalue weighted by molar-refractivity contribution is -0.143. The fourth-order valence-electron chi connectivity index (χ4n) is 2.88. The molecular weight excluding hydrogens is 418 g/mol. The molecule has 1 aromatic rings. The number of hydrogen-bond donors (Lipinski definition) is 4. The summed E-state index contributed by atoms with van der Waals surface area (Å²) in [6.07, 6.45) is 1.04. The van der Waals surface area contributed by atoms with Crippen LogP contribution in [0, 0.1) is 5.92 Å². The maximum absolute atomic E-state index is 12.2. The number of carbonyl (C=O) groups excluding carboxylic acids is 3. The van der Waals surface area contributed by atoms with Gasteiger partial charge in [-0.1, -0.05) is 44.2 Å². The molecular formula is C22H33N3O7. The van der Waals surface area contributed by atoms with Crippen molar-refractivity contribution in [3.05, 3.63) is 35.9 Å². The Labute approximate surface area is 188 Å². The molecule has 0 heterocycles. The van der Waals surface area contributed by atoms with Crippen molar-refractivity contribution in [3.8, 4) is 0 Å². The Balaban J connectivity index is 2.36. The number of nitrogens with one attached hydrogen (secondary N) is 3. The summed E-state index contributed by atoms with van der Waals surface area (Å²) >= 11 is 0. The molecule has 0 saturated carbocycles. The van der Waals surface area contributed by atoms with Crippen molar-refractivity contribution >= 4 is 24.1 Å². The summed E-state index contributed by atoms with van der Waals surface area (Å²) in [7, 11) is 1.21. The van der Waals surface area contributed by atoms with Crippen LogP contribution < -0.4 is 16.0 Å². The summed E-state index contributed by atoms with van der Waals surface area (Å²) in [4.78, 5) is 47.2. The van der Waals surface area contributed by atoms with Crippen LogP contribution in [0.4, 0.5) is 9.59 Å². The Bertz CT molecular complexity index is 740. The molecule has 0 fully saturated rings. The van der Waals surface area contributed by atoms with E-state index < -0.39 is 36.1 Å². The average molecular weight is 452 g/mol. The lowest BCUT2D eigenvalue weighted by Gasteiger charge is -2.20. The molecule has 3 amide bonds. The number of unbranched alkanes of at least 4 members (excludes halogenated alkanes) is 1. The zero-order chi connectivity index (χ0) is 23.9.